The van der Waals surface area contributed by atoms with Crippen LogP contribution in [0.1, 0.15) is 36.5 Å². The summed E-state index contributed by atoms with van der Waals surface area (Å²) in [7, 11) is 0. The van der Waals surface area contributed by atoms with E-state index in [9.17, 15) is 0 Å². The number of aryl methyl sites for hydroxylation is 2. The molecule has 0 aromatic heterocycles. The zero-order valence-electron chi connectivity index (χ0n) is 9.09. The maximum Gasteiger partial charge on any atom is 0.0915 e. The Bertz CT molecular complexity index is 435. The molecule has 1 aliphatic carbocycles. The lowest BCUT2D eigenvalue weighted by atomic mass is 9.86. The molecule has 0 spiro atoms. The van der Waals surface area contributed by atoms with Gasteiger partial charge >= 0.3 is 0 Å². The highest BCUT2D eigenvalue weighted by Crippen LogP contribution is 2.31. The van der Waals surface area contributed by atoms with E-state index in [2.05, 4.69) is 31.2 Å². The van der Waals surface area contributed by atoms with Crippen LogP contribution in [0.5, 0.6) is 0 Å². The molecule has 0 bridgehead atoms. The maximum absolute atomic E-state index is 8.74. The largest absolute Gasteiger partial charge is 0.193 e. The van der Waals surface area contributed by atoms with Gasteiger partial charge in [0.05, 0.1) is 6.07 Å². The van der Waals surface area contributed by atoms with Crippen LogP contribution in [-0.2, 0) is 12.8 Å². The fraction of sp³-hybridized carbons (Fsp3) is 0.357. The highest BCUT2D eigenvalue weighted by Gasteiger charge is 2.13. The zero-order valence-corrected chi connectivity index (χ0v) is 9.09. The van der Waals surface area contributed by atoms with E-state index in [0.29, 0.717) is 0 Å². The number of nitrogens with zero attached hydrogens (tertiary/aromatic N) is 1. The van der Waals surface area contributed by atoms with Crippen LogP contribution in [0.2, 0.25) is 0 Å². The third-order valence-corrected chi connectivity index (χ3v) is 3.06. The van der Waals surface area contributed by atoms with Crippen molar-refractivity contribution >= 4 is 5.57 Å². The van der Waals surface area contributed by atoms with E-state index in [1.165, 1.54) is 28.7 Å². The number of fused-ring (bicyclic) bond motifs is 1. The number of nitriles is 1. The molecule has 0 saturated heterocycles. The van der Waals surface area contributed by atoms with E-state index >= 15 is 0 Å². The number of benzene rings is 1. The van der Waals surface area contributed by atoms with E-state index in [4.69, 9.17) is 5.26 Å². The number of allylic oxidation sites excluding steroid dienone is 2. The molecule has 15 heavy (non-hydrogen) atoms. The first-order valence-corrected chi connectivity index (χ1v) is 5.56. The molecule has 0 N–H and O–H groups in total. The second-order valence-corrected chi connectivity index (χ2v) is 4.00. The van der Waals surface area contributed by atoms with Gasteiger partial charge in [0.2, 0.25) is 0 Å². The minimum atomic E-state index is 1.05. The Balaban J connectivity index is 2.49. The number of rotatable bonds is 1. The maximum atomic E-state index is 8.74. The monoisotopic (exact) mass is 197 g/mol. The second-order valence-electron chi connectivity index (χ2n) is 4.00. The summed E-state index contributed by atoms with van der Waals surface area (Å²) in [5.74, 6) is 0. The molecule has 0 radical (unpaired) electrons. The standard InChI is InChI=1S/C14H15N/c1-2-11-6-7-12-4-3-5-13(8-9-15)14(12)10-11/h6-8,10H,2-5H2,1H3/b13-8-. The average molecular weight is 197 g/mol. The van der Waals surface area contributed by atoms with E-state index in [1.54, 1.807) is 6.08 Å². The van der Waals surface area contributed by atoms with Crippen LogP contribution >= 0.6 is 0 Å². The minimum absolute atomic E-state index is 1.05. The highest BCUT2D eigenvalue weighted by molar-refractivity contribution is 5.72. The molecule has 1 nitrogen and oxygen atoms in total. The first kappa shape index (κ1) is 9.98. The third kappa shape index (κ3) is 1.94. The SMILES string of the molecule is CCc1ccc2c(c1)/C(=C\C#N)CCC2. The van der Waals surface area contributed by atoms with Gasteiger partial charge in [0.25, 0.3) is 0 Å². The van der Waals surface area contributed by atoms with Crippen LogP contribution in [0.3, 0.4) is 0 Å². The Hall–Kier alpha value is -1.55. The van der Waals surface area contributed by atoms with Gasteiger partial charge in [-0.2, -0.15) is 5.26 Å². The molecule has 0 unspecified atom stereocenters. The highest BCUT2D eigenvalue weighted by atomic mass is 14.2. The molecule has 1 aromatic carbocycles. The van der Waals surface area contributed by atoms with Crippen LogP contribution in [-0.4, -0.2) is 0 Å². The molecule has 0 heterocycles. The quantitative estimate of drug-likeness (QED) is 0.632. The molecule has 0 fully saturated rings. The molecule has 1 aliphatic rings. The molecule has 0 atom stereocenters. The lowest BCUT2D eigenvalue weighted by Crippen LogP contribution is -2.02. The second kappa shape index (κ2) is 4.31. The summed E-state index contributed by atoms with van der Waals surface area (Å²) < 4.78 is 0. The predicted octanol–water partition coefficient (Wildman–Crippen LogP) is 3.49. The van der Waals surface area contributed by atoms with Gasteiger partial charge in [0, 0.05) is 6.08 Å². The summed E-state index contributed by atoms with van der Waals surface area (Å²) in [6.45, 7) is 2.16. The Morgan fingerprint density at radius 3 is 3.00 bits per heavy atom. The fourth-order valence-electron chi connectivity index (χ4n) is 2.19. The van der Waals surface area contributed by atoms with Gasteiger partial charge in [0.1, 0.15) is 0 Å². The van der Waals surface area contributed by atoms with Crippen molar-refractivity contribution in [2.24, 2.45) is 0 Å². The first-order chi connectivity index (χ1) is 7.35. The zero-order chi connectivity index (χ0) is 10.7. The van der Waals surface area contributed by atoms with Gasteiger partial charge in [-0.05, 0) is 47.9 Å². The summed E-state index contributed by atoms with van der Waals surface area (Å²) in [4.78, 5) is 0. The van der Waals surface area contributed by atoms with Crippen molar-refractivity contribution in [3.63, 3.8) is 0 Å². The van der Waals surface area contributed by atoms with Crippen molar-refractivity contribution in [3.05, 3.63) is 41.0 Å². The van der Waals surface area contributed by atoms with Gasteiger partial charge < -0.3 is 0 Å². The lowest BCUT2D eigenvalue weighted by molar-refractivity contribution is 0.820. The molecule has 1 aromatic rings. The van der Waals surface area contributed by atoms with Gasteiger partial charge in [-0.25, -0.2) is 0 Å². The molecular weight excluding hydrogens is 182 g/mol. The minimum Gasteiger partial charge on any atom is -0.193 e. The van der Waals surface area contributed by atoms with Gasteiger partial charge in [-0.15, -0.1) is 0 Å². The molecule has 0 aliphatic heterocycles. The van der Waals surface area contributed by atoms with E-state index in [-0.39, 0.29) is 0 Å². The Kier molecular flexibility index (Phi) is 2.87. The first-order valence-electron chi connectivity index (χ1n) is 5.56. The Labute approximate surface area is 91.0 Å². The molecule has 2 rings (SSSR count). The summed E-state index contributed by atoms with van der Waals surface area (Å²) in [6, 6.07) is 8.82. The fourth-order valence-corrected chi connectivity index (χ4v) is 2.19. The summed E-state index contributed by atoms with van der Waals surface area (Å²) >= 11 is 0. The van der Waals surface area contributed by atoms with E-state index in [1.807, 2.05) is 0 Å². The van der Waals surface area contributed by atoms with Crippen LogP contribution in [0, 0.1) is 11.3 Å². The van der Waals surface area contributed by atoms with Crippen molar-refractivity contribution in [3.8, 4) is 6.07 Å². The number of hydrogen-bond acceptors (Lipinski definition) is 1. The van der Waals surface area contributed by atoms with Crippen LogP contribution < -0.4 is 0 Å². The van der Waals surface area contributed by atoms with E-state index in [0.717, 1.165) is 19.3 Å². The summed E-state index contributed by atoms with van der Waals surface area (Å²) in [6.07, 6.45) is 6.15. The molecule has 0 saturated carbocycles. The normalized spacial score (nSPS) is 17.2. The smallest absolute Gasteiger partial charge is 0.0915 e. The average Bonchev–Trinajstić information content (AvgIpc) is 2.29. The third-order valence-electron chi connectivity index (χ3n) is 3.06. The van der Waals surface area contributed by atoms with Gasteiger partial charge in [-0.3, -0.25) is 0 Å². The van der Waals surface area contributed by atoms with E-state index < -0.39 is 0 Å². The van der Waals surface area contributed by atoms with Crippen LogP contribution in [0.25, 0.3) is 5.57 Å². The summed E-state index contributed by atoms with van der Waals surface area (Å²) in [5, 5.41) is 8.74. The molecular formula is C14H15N. The van der Waals surface area contributed by atoms with Crippen molar-refractivity contribution in [1.29, 1.82) is 5.26 Å². The predicted molar refractivity (Wildman–Crippen MR) is 62.3 cm³/mol. The Morgan fingerprint density at radius 2 is 2.27 bits per heavy atom. The van der Waals surface area contributed by atoms with Crippen molar-refractivity contribution in [1.82, 2.24) is 0 Å². The van der Waals surface area contributed by atoms with Crippen LogP contribution in [0.4, 0.5) is 0 Å². The van der Waals surface area contributed by atoms with Crippen molar-refractivity contribution < 1.29 is 0 Å². The number of hydrogen-bond donors (Lipinski definition) is 0. The summed E-state index contributed by atoms with van der Waals surface area (Å²) in [5.41, 5.74) is 5.29. The molecule has 0 amide bonds. The van der Waals surface area contributed by atoms with Crippen molar-refractivity contribution in [2.75, 3.05) is 0 Å². The molecule has 76 valence electrons. The molecule has 1 heteroatoms. The van der Waals surface area contributed by atoms with Crippen LogP contribution in [0.15, 0.2) is 24.3 Å². The van der Waals surface area contributed by atoms with Crippen molar-refractivity contribution in [2.45, 2.75) is 32.6 Å². The Morgan fingerprint density at radius 1 is 1.40 bits per heavy atom. The van der Waals surface area contributed by atoms with Gasteiger partial charge in [0.15, 0.2) is 0 Å². The lowest BCUT2D eigenvalue weighted by Gasteiger charge is -2.19. The topological polar surface area (TPSA) is 23.8 Å². The van der Waals surface area contributed by atoms with Gasteiger partial charge in [-0.1, -0.05) is 25.1 Å².